The highest BCUT2D eigenvalue weighted by Crippen LogP contribution is 2.28. The van der Waals surface area contributed by atoms with Crippen LogP contribution < -0.4 is 15.4 Å². The van der Waals surface area contributed by atoms with Crippen LogP contribution in [0.4, 0.5) is 32.4 Å². The molecule has 12 heteroatoms. The summed E-state index contributed by atoms with van der Waals surface area (Å²) in [5, 5.41) is 4.97. The van der Waals surface area contributed by atoms with E-state index >= 15 is 0 Å². The van der Waals surface area contributed by atoms with Crippen molar-refractivity contribution >= 4 is 17.6 Å². The van der Waals surface area contributed by atoms with Crippen molar-refractivity contribution in [3.63, 3.8) is 0 Å². The molecule has 0 bridgehead atoms. The van der Waals surface area contributed by atoms with Crippen molar-refractivity contribution in [3.8, 4) is 5.88 Å². The lowest BCUT2D eigenvalue weighted by molar-refractivity contribution is -0.276. The number of alkyl halides is 3. The van der Waals surface area contributed by atoms with E-state index in [1.807, 2.05) is 0 Å². The quantitative estimate of drug-likeness (QED) is 0.686. The minimum atomic E-state index is -4.93. The van der Waals surface area contributed by atoms with Crippen molar-refractivity contribution in [3.05, 3.63) is 53.2 Å². The van der Waals surface area contributed by atoms with Crippen LogP contribution in [0.3, 0.4) is 0 Å². The molecule has 2 heterocycles. The highest BCUT2D eigenvalue weighted by atomic mass is 19.4. The zero-order valence-electron chi connectivity index (χ0n) is 16.3. The van der Waals surface area contributed by atoms with Crippen molar-refractivity contribution in [1.29, 1.82) is 0 Å². The highest BCUT2D eigenvalue weighted by molar-refractivity contribution is 5.95. The number of urea groups is 1. The van der Waals surface area contributed by atoms with E-state index in [4.69, 9.17) is 0 Å². The third-order valence-electron chi connectivity index (χ3n) is 4.63. The van der Waals surface area contributed by atoms with Gasteiger partial charge in [0.1, 0.15) is 17.7 Å². The highest BCUT2D eigenvalue weighted by Gasteiger charge is 2.34. The van der Waals surface area contributed by atoms with E-state index in [2.05, 4.69) is 20.4 Å². The third kappa shape index (κ3) is 5.19. The summed E-state index contributed by atoms with van der Waals surface area (Å²) in [5.74, 6) is -2.97. The van der Waals surface area contributed by atoms with Gasteiger partial charge in [-0.3, -0.25) is 4.79 Å². The molecule has 0 saturated carbocycles. The van der Waals surface area contributed by atoms with Gasteiger partial charge in [0.15, 0.2) is 0 Å². The smallest absolute Gasteiger partial charge is 0.388 e. The summed E-state index contributed by atoms with van der Waals surface area (Å²) in [5.41, 5.74) is 0.301. The first kappa shape index (κ1) is 22.2. The maximum atomic E-state index is 13.9. The number of hydrogen-bond donors (Lipinski definition) is 2. The third-order valence-corrected chi connectivity index (χ3v) is 4.63. The molecule has 2 N–H and O–H groups in total. The standard InChI is InChI=1S/C19H17F5N4O3/c1-9(12-4-3-11(20)7-13(12)21)25-17(29)10(2)28-8-15-14(27-18(28)30)5-6-16(26-15)31-19(22,23)24/h3-7,9-10H,8H2,1-2H3,(H,25,29)(H,27,30). The number of carbonyl (C=O) groups is 2. The van der Waals surface area contributed by atoms with E-state index in [-0.39, 0.29) is 23.5 Å². The Morgan fingerprint density at radius 2 is 1.94 bits per heavy atom. The zero-order chi connectivity index (χ0) is 22.9. The van der Waals surface area contributed by atoms with Crippen molar-refractivity contribution in [2.75, 3.05) is 5.32 Å². The molecule has 0 radical (unpaired) electrons. The van der Waals surface area contributed by atoms with E-state index in [9.17, 15) is 31.5 Å². The molecule has 31 heavy (non-hydrogen) atoms. The maximum Gasteiger partial charge on any atom is 0.574 e. The minimum Gasteiger partial charge on any atom is -0.388 e. The molecule has 0 spiro atoms. The first-order chi connectivity index (χ1) is 14.4. The molecular formula is C19H17F5N4O3. The summed E-state index contributed by atoms with van der Waals surface area (Å²) in [6.07, 6.45) is -4.93. The summed E-state index contributed by atoms with van der Waals surface area (Å²) >= 11 is 0. The number of hydrogen-bond acceptors (Lipinski definition) is 4. The molecule has 1 aliphatic rings. The molecular weight excluding hydrogens is 427 g/mol. The molecule has 0 aliphatic carbocycles. The Morgan fingerprint density at radius 1 is 1.23 bits per heavy atom. The van der Waals surface area contributed by atoms with Crippen LogP contribution in [0.5, 0.6) is 5.88 Å². The van der Waals surface area contributed by atoms with Gasteiger partial charge in [-0.05, 0) is 26.0 Å². The Morgan fingerprint density at radius 3 is 2.58 bits per heavy atom. The van der Waals surface area contributed by atoms with Crippen LogP contribution in [-0.4, -0.2) is 34.2 Å². The van der Waals surface area contributed by atoms with Crippen LogP contribution in [0.2, 0.25) is 0 Å². The number of halogens is 5. The summed E-state index contributed by atoms with van der Waals surface area (Å²) < 4.78 is 68.0. The normalized spacial score (nSPS) is 15.6. The number of fused-ring (bicyclic) bond motifs is 1. The molecule has 0 saturated heterocycles. The SMILES string of the molecule is CC(NC(=O)C(C)N1Cc2nc(OC(F)(F)F)ccc2NC1=O)c1ccc(F)cc1F. The van der Waals surface area contributed by atoms with Crippen LogP contribution in [0.1, 0.15) is 31.1 Å². The first-order valence-corrected chi connectivity index (χ1v) is 9.03. The Labute approximate surface area is 173 Å². The molecule has 2 atom stereocenters. The number of ether oxygens (including phenoxy) is 1. The van der Waals surface area contributed by atoms with Gasteiger partial charge in [-0.25, -0.2) is 18.6 Å². The fourth-order valence-electron chi connectivity index (χ4n) is 3.03. The monoisotopic (exact) mass is 444 g/mol. The summed E-state index contributed by atoms with van der Waals surface area (Å²) in [6.45, 7) is 2.61. The second-order valence-corrected chi connectivity index (χ2v) is 6.82. The fourth-order valence-corrected chi connectivity index (χ4v) is 3.03. The maximum absolute atomic E-state index is 13.9. The predicted octanol–water partition coefficient (Wildman–Crippen LogP) is 3.87. The zero-order valence-corrected chi connectivity index (χ0v) is 16.3. The molecule has 0 fully saturated rings. The lowest BCUT2D eigenvalue weighted by Gasteiger charge is -2.33. The van der Waals surface area contributed by atoms with Crippen LogP contribution in [0, 0.1) is 11.6 Å². The van der Waals surface area contributed by atoms with Crippen molar-refractivity contribution < 1.29 is 36.3 Å². The Balaban J connectivity index is 1.72. The van der Waals surface area contributed by atoms with Gasteiger partial charge < -0.3 is 20.3 Å². The van der Waals surface area contributed by atoms with E-state index in [1.54, 1.807) is 0 Å². The first-order valence-electron chi connectivity index (χ1n) is 9.03. The minimum absolute atomic E-state index is 0.0472. The van der Waals surface area contributed by atoms with Gasteiger partial charge in [-0.1, -0.05) is 6.07 Å². The summed E-state index contributed by atoms with van der Waals surface area (Å²) in [4.78, 5) is 29.7. The average Bonchev–Trinajstić information content (AvgIpc) is 2.65. The molecule has 166 valence electrons. The molecule has 7 nitrogen and oxygen atoms in total. The van der Waals surface area contributed by atoms with Crippen LogP contribution in [-0.2, 0) is 11.3 Å². The van der Waals surface area contributed by atoms with Gasteiger partial charge in [0.05, 0.1) is 24.0 Å². The summed E-state index contributed by atoms with van der Waals surface area (Å²) in [6, 6.07) is 2.51. The predicted molar refractivity (Wildman–Crippen MR) is 97.9 cm³/mol. The van der Waals surface area contributed by atoms with Crippen molar-refractivity contribution in [2.24, 2.45) is 0 Å². The number of nitrogens with zero attached hydrogens (tertiary/aromatic N) is 2. The van der Waals surface area contributed by atoms with Gasteiger partial charge in [0.2, 0.25) is 11.8 Å². The lowest BCUT2D eigenvalue weighted by atomic mass is 10.1. The Bertz CT molecular complexity index is 1010. The number of benzene rings is 1. The van der Waals surface area contributed by atoms with Crippen LogP contribution in [0.25, 0.3) is 0 Å². The largest absolute Gasteiger partial charge is 0.574 e. The number of anilines is 1. The molecule has 1 aromatic carbocycles. The average molecular weight is 444 g/mol. The second kappa shape index (κ2) is 8.36. The molecule has 2 unspecified atom stereocenters. The number of aromatic nitrogens is 1. The van der Waals surface area contributed by atoms with Gasteiger partial charge in [0.25, 0.3) is 0 Å². The summed E-state index contributed by atoms with van der Waals surface area (Å²) in [7, 11) is 0. The molecule has 2 aromatic rings. The van der Waals surface area contributed by atoms with Crippen LogP contribution >= 0.6 is 0 Å². The number of nitrogens with one attached hydrogen (secondary N) is 2. The second-order valence-electron chi connectivity index (χ2n) is 6.82. The number of pyridine rings is 1. The molecule has 1 aliphatic heterocycles. The Hall–Kier alpha value is -3.44. The topological polar surface area (TPSA) is 83.6 Å². The van der Waals surface area contributed by atoms with E-state index < -0.39 is 47.9 Å². The number of rotatable bonds is 5. The fraction of sp³-hybridized carbons (Fsp3) is 0.316. The number of amides is 3. The van der Waals surface area contributed by atoms with E-state index in [0.29, 0.717) is 6.07 Å². The lowest BCUT2D eigenvalue weighted by Crippen LogP contribution is -2.51. The van der Waals surface area contributed by atoms with Crippen molar-refractivity contribution in [1.82, 2.24) is 15.2 Å². The van der Waals surface area contributed by atoms with E-state index in [0.717, 1.165) is 17.0 Å². The van der Waals surface area contributed by atoms with Gasteiger partial charge >= 0.3 is 12.4 Å². The van der Waals surface area contributed by atoms with E-state index in [1.165, 1.54) is 26.0 Å². The number of carbonyl (C=O) groups excluding carboxylic acids is 2. The molecule has 3 rings (SSSR count). The van der Waals surface area contributed by atoms with Gasteiger partial charge in [-0.15, -0.1) is 13.2 Å². The van der Waals surface area contributed by atoms with Crippen LogP contribution in [0.15, 0.2) is 30.3 Å². The van der Waals surface area contributed by atoms with Gasteiger partial charge in [-0.2, -0.15) is 0 Å². The molecule has 3 amide bonds. The molecule has 1 aromatic heterocycles. The van der Waals surface area contributed by atoms with Gasteiger partial charge in [0, 0.05) is 17.7 Å². The Kier molecular flexibility index (Phi) is 6.00. The van der Waals surface area contributed by atoms with Crippen molar-refractivity contribution in [2.45, 2.75) is 38.8 Å².